The molecule has 0 atom stereocenters. The molecule has 0 bridgehead atoms. The summed E-state index contributed by atoms with van der Waals surface area (Å²) < 4.78 is 28.5. The Kier molecular flexibility index (Phi) is 6.54. The molecule has 0 aliphatic rings. The Bertz CT molecular complexity index is 1310. The zero-order valence-corrected chi connectivity index (χ0v) is 18.2. The Balaban J connectivity index is 1.80. The average Bonchev–Trinajstić information content (AvgIpc) is 2.77. The number of nitro benzene ring substituents is 1. The first-order valence-corrected chi connectivity index (χ1v) is 11.5. The second kappa shape index (κ2) is 9.15. The van der Waals surface area contributed by atoms with Crippen molar-refractivity contribution in [3.05, 3.63) is 76.3 Å². The third-order valence-electron chi connectivity index (χ3n) is 4.79. The fourth-order valence-electron chi connectivity index (χ4n) is 3.31. The predicted octanol–water partition coefficient (Wildman–Crippen LogP) is 3.36. The van der Waals surface area contributed by atoms with E-state index in [9.17, 15) is 28.1 Å². The minimum Gasteiger partial charge on any atom is -0.452 e. The van der Waals surface area contributed by atoms with Gasteiger partial charge in [-0.3, -0.25) is 14.9 Å². The van der Waals surface area contributed by atoms with Crippen molar-refractivity contribution in [1.82, 2.24) is 0 Å². The van der Waals surface area contributed by atoms with Crippen molar-refractivity contribution in [2.75, 3.05) is 24.3 Å². The number of carbonyl (C=O) groups is 2. The maximum Gasteiger partial charge on any atom is 0.338 e. The predicted molar refractivity (Wildman–Crippen MR) is 118 cm³/mol. The molecule has 3 aromatic rings. The van der Waals surface area contributed by atoms with Crippen LogP contribution in [0.1, 0.15) is 17.3 Å². The fourth-order valence-corrected chi connectivity index (χ4v) is 4.14. The molecule has 0 spiro atoms. The van der Waals surface area contributed by atoms with Gasteiger partial charge in [-0.2, -0.15) is 0 Å². The van der Waals surface area contributed by atoms with Crippen molar-refractivity contribution in [3.63, 3.8) is 0 Å². The quantitative estimate of drug-likeness (QED) is 0.303. The highest BCUT2D eigenvalue weighted by molar-refractivity contribution is 7.90. The third kappa shape index (κ3) is 4.75. The summed E-state index contributed by atoms with van der Waals surface area (Å²) in [4.78, 5) is 36.5. The van der Waals surface area contributed by atoms with Crippen molar-refractivity contribution >= 4 is 43.9 Å². The number of amides is 1. The second-order valence-electron chi connectivity index (χ2n) is 6.92. The zero-order valence-electron chi connectivity index (χ0n) is 17.3. The Morgan fingerprint density at radius 3 is 2.41 bits per heavy atom. The number of fused-ring (bicyclic) bond motifs is 1. The lowest BCUT2D eigenvalue weighted by Gasteiger charge is -2.22. The van der Waals surface area contributed by atoms with Gasteiger partial charge in [0.2, 0.25) is 0 Å². The molecule has 166 valence electrons. The fraction of sp³-hybridized carbons (Fsp3) is 0.182. The number of hydrogen-bond acceptors (Lipinski definition) is 7. The van der Waals surface area contributed by atoms with E-state index in [0.717, 1.165) is 35.2 Å². The van der Waals surface area contributed by atoms with Crippen LogP contribution in [0.25, 0.3) is 10.8 Å². The lowest BCUT2D eigenvalue weighted by Crippen LogP contribution is -2.34. The normalized spacial score (nSPS) is 11.2. The summed E-state index contributed by atoms with van der Waals surface area (Å²) in [7, 11) is -3.86. The molecule has 0 saturated heterocycles. The van der Waals surface area contributed by atoms with E-state index in [1.807, 2.05) is 36.4 Å². The van der Waals surface area contributed by atoms with E-state index in [2.05, 4.69) is 0 Å². The van der Waals surface area contributed by atoms with Crippen LogP contribution in [0.5, 0.6) is 0 Å². The SMILES string of the molecule is CCN(C(=O)COC(=O)c1ccc(S(C)(=O)=O)c([N+](=O)[O-])c1)c1cccc2ccccc12. The minimum absolute atomic E-state index is 0.231. The summed E-state index contributed by atoms with van der Waals surface area (Å²) in [6, 6.07) is 16.0. The number of nitrogens with zero attached hydrogens (tertiary/aromatic N) is 2. The molecule has 10 heteroatoms. The summed E-state index contributed by atoms with van der Waals surface area (Å²) in [5, 5.41) is 13.0. The van der Waals surface area contributed by atoms with E-state index in [0.29, 0.717) is 12.2 Å². The molecular weight excluding hydrogens is 436 g/mol. The molecule has 0 unspecified atom stereocenters. The number of esters is 1. The van der Waals surface area contributed by atoms with Crippen LogP contribution in [0.15, 0.2) is 65.6 Å². The van der Waals surface area contributed by atoms with E-state index < -0.39 is 43.8 Å². The van der Waals surface area contributed by atoms with Gasteiger partial charge in [-0.15, -0.1) is 0 Å². The number of anilines is 1. The Labute approximate surface area is 184 Å². The van der Waals surface area contributed by atoms with Crippen LogP contribution in [0.4, 0.5) is 11.4 Å². The topological polar surface area (TPSA) is 124 Å². The highest BCUT2D eigenvalue weighted by Gasteiger charge is 2.25. The molecule has 0 radical (unpaired) electrons. The van der Waals surface area contributed by atoms with Gasteiger partial charge >= 0.3 is 5.97 Å². The highest BCUT2D eigenvalue weighted by Crippen LogP contribution is 2.27. The van der Waals surface area contributed by atoms with Crippen molar-refractivity contribution in [2.24, 2.45) is 0 Å². The van der Waals surface area contributed by atoms with Crippen LogP contribution < -0.4 is 4.90 Å². The first-order chi connectivity index (χ1) is 15.1. The molecule has 0 N–H and O–H groups in total. The van der Waals surface area contributed by atoms with Crippen LogP contribution in [0.2, 0.25) is 0 Å². The first-order valence-electron chi connectivity index (χ1n) is 9.57. The van der Waals surface area contributed by atoms with E-state index in [1.54, 1.807) is 13.0 Å². The monoisotopic (exact) mass is 456 g/mol. The van der Waals surface area contributed by atoms with Crippen LogP contribution in [0, 0.1) is 10.1 Å². The zero-order chi connectivity index (χ0) is 23.5. The molecule has 3 rings (SSSR count). The van der Waals surface area contributed by atoms with Gasteiger partial charge in [-0.1, -0.05) is 36.4 Å². The van der Waals surface area contributed by atoms with E-state index in [-0.39, 0.29) is 5.56 Å². The summed E-state index contributed by atoms with van der Waals surface area (Å²) in [6.07, 6.45) is 0.832. The van der Waals surface area contributed by atoms with E-state index in [1.165, 1.54) is 4.90 Å². The molecule has 1 amide bonds. The molecule has 32 heavy (non-hydrogen) atoms. The number of benzene rings is 3. The number of nitro groups is 1. The highest BCUT2D eigenvalue weighted by atomic mass is 32.2. The number of rotatable bonds is 7. The summed E-state index contributed by atoms with van der Waals surface area (Å²) >= 11 is 0. The number of ether oxygens (including phenoxy) is 1. The van der Waals surface area contributed by atoms with Gasteiger partial charge < -0.3 is 9.64 Å². The van der Waals surface area contributed by atoms with Crippen LogP contribution in [-0.4, -0.2) is 44.6 Å². The lowest BCUT2D eigenvalue weighted by molar-refractivity contribution is -0.387. The van der Waals surface area contributed by atoms with Gasteiger partial charge in [0.15, 0.2) is 16.4 Å². The maximum absolute atomic E-state index is 12.8. The van der Waals surface area contributed by atoms with Gasteiger partial charge in [0.25, 0.3) is 11.6 Å². The standard InChI is InChI=1S/C22H20N2O7S/c1-3-23(18-10-6-8-15-7-4-5-9-17(15)18)21(25)14-31-22(26)16-11-12-20(32(2,29)30)19(13-16)24(27)28/h4-13H,3,14H2,1-2H3. The third-order valence-corrected chi connectivity index (χ3v) is 5.94. The number of carbonyl (C=O) groups excluding carboxylic acids is 2. The van der Waals surface area contributed by atoms with Crippen LogP contribution in [-0.2, 0) is 19.4 Å². The van der Waals surface area contributed by atoms with Gasteiger partial charge in [0.1, 0.15) is 4.90 Å². The number of hydrogen-bond donors (Lipinski definition) is 0. The summed E-state index contributed by atoms with van der Waals surface area (Å²) in [5.41, 5.74) is -0.302. The van der Waals surface area contributed by atoms with E-state index >= 15 is 0 Å². The van der Waals surface area contributed by atoms with Crippen LogP contribution >= 0.6 is 0 Å². The van der Waals surface area contributed by atoms with Gasteiger partial charge in [0, 0.05) is 24.3 Å². The number of likely N-dealkylation sites (N-methyl/N-ethyl adjacent to an activating group) is 1. The molecule has 3 aromatic carbocycles. The Hall–Kier alpha value is -3.79. The molecule has 0 aliphatic heterocycles. The van der Waals surface area contributed by atoms with Gasteiger partial charge in [0.05, 0.1) is 16.2 Å². The lowest BCUT2D eigenvalue weighted by atomic mass is 10.1. The Morgan fingerprint density at radius 1 is 1.06 bits per heavy atom. The van der Waals surface area contributed by atoms with E-state index in [4.69, 9.17) is 4.74 Å². The van der Waals surface area contributed by atoms with Crippen molar-refractivity contribution < 1.29 is 27.7 Å². The van der Waals surface area contributed by atoms with Gasteiger partial charge in [-0.25, -0.2) is 13.2 Å². The summed E-state index contributed by atoms with van der Waals surface area (Å²) in [6.45, 7) is 1.53. The van der Waals surface area contributed by atoms with Gasteiger partial charge in [-0.05, 0) is 30.5 Å². The summed E-state index contributed by atoms with van der Waals surface area (Å²) in [5.74, 6) is -1.45. The molecule has 0 aromatic heterocycles. The Morgan fingerprint density at radius 2 is 1.75 bits per heavy atom. The van der Waals surface area contributed by atoms with Crippen molar-refractivity contribution in [2.45, 2.75) is 11.8 Å². The minimum atomic E-state index is -3.86. The molecule has 0 fully saturated rings. The molecule has 0 aliphatic carbocycles. The molecular formula is C22H20N2O7S. The first kappa shape index (κ1) is 22.9. The number of sulfone groups is 1. The van der Waals surface area contributed by atoms with Crippen molar-refractivity contribution in [1.29, 1.82) is 0 Å². The average molecular weight is 456 g/mol. The largest absolute Gasteiger partial charge is 0.452 e. The second-order valence-corrected chi connectivity index (χ2v) is 8.91. The van der Waals surface area contributed by atoms with Crippen LogP contribution in [0.3, 0.4) is 0 Å². The van der Waals surface area contributed by atoms with Crippen molar-refractivity contribution in [3.8, 4) is 0 Å². The molecule has 0 saturated carbocycles. The molecule has 9 nitrogen and oxygen atoms in total. The smallest absolute Gasteiger partial charge is 0.338 e. The molecule has 0 heterocycles. The maximum atomic E-state index is 12.8.